The van der Waals surface area contributed by atoms with Crippen molar-refractivity contribution in [2.75, 3.05) is 0 Å². The molecule has 2 aromatic rings. The van der Waals surface area contributed by atoms with Crippen LogP contribution in [-0.4, -0.2) is 10.7 Å². The highest BCUT2D eigenvalue weighted by atomic mass is 32.5. The summed E-state index contributed by atoms with van der Waals surface area (Å²) in [6.45, 7) is 1.49. The molecule has 0 spiro atoms. The van der Waals surface area contributed by atoms with Gasteiger partial charge in [0.2, 0.25) is 0 Å². The molecular formula is C13H10F6N2S. The topological polar surface area (TPSA) is 25.2 Å². The van der Waals surface area contributed by atoms with Crippen molar-refractivity contribution in [2.24, 2.45) is 4.99 Å². The molecule has 1 aromatic carbocycles. The fourth-order valence-corrected chi connectivity index (χ4v) is 2.30. The summed E-state index contributed by atoms with van der Waals surface area (Å²) in [5, 5.41) is 0. The Bertz CT molecular complexity index is 738. The van der Waals surface area contributed by atoms with Gasteiger partial charge in [-0.25, -0.2) is 4.39 Å². The van der Waals surface area contributed by atoms with Crippen molar-refractivity contribution in [3.05, 3.63) is 54.1 Å². The molecule has 0 fully saturated rings. The van der Waals surface area contributed by atoms with Gasteiger partial charge in [0.1, 0.15) is 10.7 Å². The molecule has 0 bridgehead atoms. The first-order valence-electron chi connectivity index (χ1n) is 5.85. The fourth-order valence-electron chi connectivity index (χ4n) is 1.65. The monoisotopic (exact) mass is 340 g/mol. The van der Waals surface area contributed by atoms with E-state index in [0.717, 1.165) is 24.4 Å². The molecule has 2 rings (SSSR count). The molecule has 0 saturated heterocycles. The average Bonchev–Trinajstić information content (AvgIpc) is 2.36. The molecule has 2 nitrogen and oxygen atoms in total. The highest BCUT2D eigenvalue weighted by Crippen LogP contribution is 3.02. The minimum atomic E-state index is -9.68. The van der Waals surface area contributed by atoms with Crippen molar-refractivity contribution in [3.8, 4) is 0 Å². The molecule has 1 heterocycles. The molecule has 0 N–H and O–H groups in total. The van der Waals surface area contributed by atoms with Gasteiger partial charge in [-0.1, -0.05) is 19.4 Å². The summed E-state index contributed by atoms with van der Waals surface area (Å²) in [5.41, 5.74) is 0.649. The molecule has 0 radical (unpaired) electrons. The lowest BCUT2D eigenvalue weighted by Gasteiger charge is -2.40. The second kappa shape index (κ2) is 4.48. The SMILES string of the molecule is CC(=Nc1ccc(S(F)(F)(F)(F)F)cc1)c1cncc(F)c1. The molecule has 0 saturated carbocycles. The number of halogens is 6. The van der Waals surface area contributed by atoms with E-state index in [9.17, 15) is 23.8 Å². The largest absolute Gasteiger partial charge is 0.310 e. The molecule has 0 aliphatic rings. The summed E-state index contributed by atoms with van der Waals surface area (Å²) < 4.78 is 75.8. The van der Waals surface area contributed by atoms with Crippen molar-refractivity contribution < 1.29 is 23.8 Å². The summed E-state index contributed by atoms with van der Waals surface area (Å²) in [5.74, 6) is -0.594. The van der Waals surface area contributed by atoms with E-state index in [2.05, 4.69) is 9.98 Å². The molecule has 0 atom stereocenters. The van der Waals surface area contributed by atoms with Crippen molar-refractivity contribution in [2.45, 2.75) is 11.8 Å². The lowest BCUT2D eigenvalue weighted by atomic mass is 10.2. The van der Waals surface area contributed by atoms with Crippen LogP contribution in [0.4, 0.5) is 29.5 Å². The van der Waals surface area contributed by atoms with E-state index in [-0.39, 0.29) is 23.5 Å². The van der Waals surface area contributed by atoms with E-state index in [1.165, 1.54) is 13.1 Å². The van der Waals surface area contributed by atoms with E-state index in [1.807, 2.05) is 0 Å². The molecule has 120 valence electrons. The Balaban J connectivity index is 2.35. The normalized spacial score (nSPS) is 16.0. The zero-order chi connectivity index (χ0) is 16.7. The van der Waals surface area contributed by atoms with Crippen LogP contribution in [-0.2, 0) is 0 Å². The molecule has 1 aromatic heterocycles. The minimum absolute atomic E-state index is 0.0346. The first kappa shape index (κ1) is 16.3. The number of hydrogen-bond donors (Lipinski definition) is 0. The van der Waals surface area contributed by atoms with Gasteiger partial charge >= 0.3 is 10.2 Å². The smallest absolute Gasteiger partial charge is 0.261 e. The number of nitrogens with zero attached hydrogens (tertiary/aromatic N) is 2. The lowest BCUT2D eigenvalue weighted by Crippen LogP contribution is -2.05. The van der Waals surface area contributed by atoms with Crippen LogP contribution in [0.1, 0.15) is 12.5 Å². The van der Waals surface area contributed by atoms with Gasteiger partial charge in [0.05, 0.1) is 11.9 Å². The number of pyridine rings is 1. The second-order valence-electron chi connectivity index (χ2n) is 4.55. The van der Waals surface area contributed by atoms with Gasteiger partial charge < -0.3 is 0 Å². The Labute approximate surface area is 122 Å². The maximum Gasteiger partial charge on any atom is 0.310 e. The second-order valence-corrected chi connectivity index (χ2v) is 6.96. The fraction of sp³-hybridized carbons (Fsp3) is 0.0769. The number of aliphatic imine (C=N–C) groups is 1. The highest BCUT2D eigenvalue weighted by molar-refractivity contribution is 8.45. The van der Waals surface area contributed by atoms with Crippen LogP contribution in [0.25, 0.3) is 0 Å². The zero-order valence-electron chi connectivity index (χ0n) is 11.1. The van der Waals surface area contributed by atoms with Crippen molar-refractivity contribution in [3.63, 3.8) is 0 Å². The number of hydrogen-bond acceptors (Lipinski definition) is 2. The quantitative estimate of drug-likeness (QED) is 0.495. The Morgan fingerprint density at radius 2 is 1.59 bits per heavy atom. The Morgan fingerprint density at radius 3 is 2.09 bits per heavy atom. The third-order valence-corrected chi connectivity index (χ3v) is 3.86. The van der Waals surface area contributed by atoms with E-state index in [1.54, 1.807) is 0 Å². The maximum absolute atomic E-state index is 13.0. The van der Waals surface area contributed by atoms with Crippen LogP contribution in [0.15, 0.2) is 52.6 Å². The Hall–Kier alpha value is -2.03. The van der Waals surface area contributed by atoms with Gasteiger partial charge in [-0.2, -0.15) is 0 Å². The molecule has 0 amide bonds. The number of benzene rings is 1. The highest BCUT2D eigenvalue weighted by Gasteiger charge is 2.65. The van der Waals surface area contributed by atoms with Crippen molar-refractivity contribution in [1.29, 1.82) is 0 Å². The van der Waals surface area contributed by atoms with Crippen LogP contribution in [0, 0.1) is 5.82 Å². The molecule has 0 aliphatic carbocycles. The van der Waals surface area contributed by atoms with Crippen LogP contribution in [0.2, 0.25) is 0 Å². The van der Waals surface area contributed by atoms with Crippen LogP contribution < -0.4 is 0 Å². The summed E-state index contributed by atoms with van der Waals surface area (Å²) in [6, 6.07) is 3.34. The van der Waals surface area contributed by atoms with Crippen LogP contribution >= 0.6 is 10.2 Å². The summed E-state index contributed by atoms with van der Waals surface area (Å²) in [4.78, 5) is 5.58. The average molecular weight is 340 g/mol. The summed E-state index contributed by atoms with van der Waals surface area (Å²) in [7, 11) is -9.68. The van der Waals surface area contributed by atoms with E-state index >= 15 is 0 Å². The van der Waals surface area contributed by atoms with E-state index in [4.69, 9.17) is 0 Å². The van der Waals surface area contributed by atoms with Gasteiger partial charge in [0, 0.05) is 17.5 Å². The third kappa shape index (κ3) is 4.00. The Kier molecular flexibility index (Phi) is 3.33. The summed E-state index contributed by atoms with van der Waals surface area (Å²) in [6.07, 6.45) is 2.31. The minimum Gasteiger partial charge on any atom is -0.261 e. The molecule has 0 unspecified atom stereocenters. The van der Waals surface area contributed by atoms with E-state index in [0.29, 0.717) is 5.56 Å². The van der Waals surface area contributed by atoms with Crippen molar-refractivity contribution in [1.82, 2.24) is 4.98 Å². The lowest BCUT2D eigenvalue weighted by molar-refractivity contribution is 0.364. The Morgan fingerprint density at radius 1 is 1.00 bits per heavy atom. The van der Waals surface area contributed by atoms with E-state index < -0.39 is 20.9 Å². The van der Waals surface area contributed by atoms with Gasteiger partial charge in [-0.05, 0) is 37.3 Å². The molecule has 22 heavy (non-hydrogen) atoms. The van der Waals surface area contributed by atoms with Gasteiger partial charge in [0.25, 0.3) is 0 Å². The first-order valence-corrected chi connectivity index (χ1v) is 7.81. The molecular weight excluding hydrogens is 330 g/mol. The van der Waals surface area contributed by atoms with Gasteiger partial charge in [0.15, 0.2) is 0 Å². The zero-order valence-corrected chi connectivity index (χ0v) is 11.9. The number of aromatic nitrogens is 1. The van der Waals surface area contributed by atoms with Crippen LogP contribution in [0.5, 0.6) is 0 Å². The first-order chi connectivity index (χ1) is 9.85. The standard InChI is InChI=1S/C13H10F6N2S/c1-9(10-6-11(14)8-20-7-10)21-12-2-4-13(5-3-12)22(15,16,17,18)19/h2-8H,1H3. The van der Waals surface area contributed by atoms with Crippen LogP contribution in [0.3, 0.4) is 0 Å². The van der Waals surface area contributed by atoms with Gasteiger partial charge in [-0.3, -0.25) is 9.98 Å². The molecule has 0 aliphatic heterocycles. The predicted octanol–water partition coefficient (Wildman–Crippen LogP) is 6.02. The number of rotatable bonds is 3. The predicted molar refractivity (Wildman–Crippen MR) is 73.9 cm³/mol. The van der Waals surface area contributed by atoms with Gasteiger partial charge in [-0.15, -0.1) is 0 Å². The maximum atomic E-state index is 13.0. The van der Waals surface area contributed by atoms with Crippen molar-refractivity contribution >= 4 is 21.6 Å². The summed E-state index contributed by atoms with van der Waals surface area (Å²) >= 11 is 0. The third-order valence-electron chi connectivity index (χ3n) is 2.70. The molecule has 9 heteroatoms.